The van der Waals surface area contributed by atoms with Crippen molar-refractivity contribution in [2.45, 2.75) is 30.3 Å². The first-order valence-corrected chi connectivity index (χ1v) is 10.0. The number of hydrogen-bond acceptors (Lipinski definition) is 5. The molecule has 144 valence electrons. The van der Waals surface area contributed by atoms with Crippen molar-refractivity contribution in [3.05, 3.63) is 18.0 Å². The molecule has 2 saturated heterocycles. The van der Waals surface area contributed by atoms with Crippen LogP contribution in [-0.2, 0) is 26.6 Å². The third-order valence-corrected chi connectivity index (χ3v) is 6.64. The van der Waals surface area contributed by atoms with Crippen molar-refractivity contribution in [3.63, 3.8) is 0 Å². The molecular formula is C16H23N3O6S. The molecule has 0 spiro atoms. The normalized spacial score (nSPS) is 22.3. The number of rotatable bonds is 4. The number of sulfonamides is 1. The minimum absolute atomic E-state index is 0.0619. The van der Waals surface area contributed by atoms with Crippen LogP contribution >= 0.6 is 0 Å². The van der Waals surface area contributed by atoms with Gasteiger partial charge in [-0.15, -0.1) is 0 Å². The number of aryl methyl sites for hydroxylation is 1. The van der Waals surface area contributed by atoms with Gasteiger partial charge in [-0.25, -0.2) is 13.2 Å². The predicted molar refractivity (Wildman–Crippen MR) is 91.3 cm³/mol. The molecule has 3 rings (SSSR count). The van der Waals surface area contributed by atoms with E-state index in [4.69, 9.17) is 9.84 Å². The summed E-state index contributed by atoms with van der Waals surface area (Å²) in [6.45, 7) is 1.32. The van der Waals surface area contributed by atoms with E-state index in [0.717, 1.165) is 19.3 Å². The lowest BCUT2D eigenvalue weighted by Crippen LogP contribution is -2.48. The van der Waals surface area contributed by atoms with E-state index < -0.39 is 28.0 Å². The fourth-order valence-corrected chi connectivity index (χ4v) is 4.88. The van der Waals surface area contributed by atoms with Crippen LogP contribution in [0.1, 0.15) is 29.8 Å². The first kappa shape index (κ1) is 18.9. The average Bonchev–Trinajstić information content (AvgIpc) is 3.04. The summed E-state index contributed by atoms with van der Waals surface area (Å²) >= 11 is 0. The third-order valence-electron chi connectivity index (χ3n) is 4.78. The van der Waals surface area contributed by atoms with Gasteiger partial charge in [0.2, 0.25) is 10.0 Å². The van der Waals surface area contributed by atoms with E-state index in [0.29, 0.717) is 13.1 Å². The van der Waals surface area contributed by atoms with Crippen LogP contribution in [0.3, 0.4) is 0 Å². The molecule has 1 N–H and O–H groups in total. The summed E-state index contributed by atoms with van der Waals surface area (Å²) in [6, 6.07) is 1.37. The zero-order valence-electron chi connectivity index (χ0n) is 14.6. The van der Waals surface area contributed by atoms with Crippen molar-refractivity contribution in [1.82, 2.24) is 13.8 Å². The van der Waals surface area contributed by atoms with E-state index in [1.165, 1.54) is 26.0 Å². The Morgan fingerprint density at radius 1 is 1.19 bits per heavy atom. The first-order chi connectivity index (χ1) is 12.3. The fourth-order valence-electron chi connectivity index (χ4n) is 3.29. The van der Waals surface area contributed by atoms with Gasteiger partial charge in [0, 0.05) is 32.9 Å². The van der Waals surface area contributed by atoms with Gasteiger partial charge in [0.25, 0.3) is 5.91 Å². The van der Waals surface area contributed by atoms with Crippen LogP contribution in [0.4, 0.5) is 0 Å². The number of nitrogens with zero attached hydrogens (tertiary/aromatic N) is 3. The highest BCUT2D eigenvalue weighted by atomic mass is 32.2. The van der Waals surface area contributed by atoms with E-state index in [1.54, 1.807) is 7.05 Å². The molecule has 1 amide bonds. The van der Waals surface area contributed by atoms with Gasteiger partial charge in [-0.2, -0.15) is 4.31 Å². The maximum absolute atomic E-state index is 12.8. The van der Waals surface area contributed by atoms with Crippen LogP contribution in [-0.4, -0.2) is 78.1 Å². The van der Waals surface area contributed by atoms with Crippen LogP contribution in [0, 0.1) is 0 Å². The predicted octanol–water partition coefficient (Wildman–Crippen LogP) is 0.125. The summed E-state index contributed by atoms with van der Waals surface area (Å²) in [5.41, 5.74) is 0.214. The van der Waals surface area contributed by atoms with Gasteiger partial charge in [-0.05, 0) is 18.9 Å². The van der Waals surface area contributed by atoms with Gasteiger partial charge in [-0.1, -0.05) is 6.42 Å². The van der Waals surface area contributed by atoms with Crippen molar-refractivity contribution in [2.75, 3.05) is 32.8 Å². The Kier molecular flexibility index (Phi) is 5.35. The maximum atomic E-state index is 12.8. The number of carbonyl (C=O) groups is 2. The largest absolute Gasteiger partial charge is 0.479 e. The van der Waals surface area contributed by atoms with Crippen molar-refractivity contribution in [2.24, 2.45) is 7.05 Å². The Morgan fingerprint density at radius 2 is 1.88 bits per heavy atom. The number of piperidine rings is 1. The second-order valence-electron chi connectivity index (χ2n) is 6.59. The molecule has 26 heavy (non-hydrogen) atoms. The standard InChI is InChI=1S/C16H23N3O6S/c1-17-10-12(26(23,24)19-5-3-2-4-6-19)9-13(17)15(20)18-7-8-25-14(11-18)16(21)22/h9-10,14H,2-8,11H2,1H3,(H,21,22). The van der Waals surface area contributed by atoms with E-state index in [-0.39, 0.29) is 30.3 Å². The Bertz CT molecular complexity index is 797. The van der Waals surface area contributed by atoms with Crippen molar-refractivity contribution in [1.29, 1.82) is 0 Å². The van der Waals surface area contributed by atoms with E-state index in [9.17, 15) is 18.0 Å². The van der Waals surface area contributed by atoms with E-state index in [2.05, 4.69) is 0 Å². The van der Waals surface area contributed by atoms with E-state index in [1.807, 2.05) is 0 Å². The van der Waals surface area contributed by atoms with Gasteiger partial charge in [0.05, 0.1) is 13.2 Å². The van der Waals surface area contributed by atoms with Crippen molar-refractivity contribution < 1.29 is 27.9 Å². The highest BCUT2D eigenvalue weighted by molar-refractivity contribution is 7.89. The summed E-state index contributed by atoms with van der Waals surface area (Å²) in [5.74, 6) is -1.52. The number of carboxylic acids is 1. The van der Waals surface area contributed by atoms with Gasteiger partial charge in [0.15, 0.2) is 6.10 Å². The second-order valence-corrected chi connectivity index (χ2v) is 8.52. The Morgan fingerprint density at radius 3 is 2.54 bits per heavy atom. The van der Waals surface area contributed by atoms with Crippen molar-refractivity contribution >= 4 is 21.9 Å². The third kappa shape index (κ3) is 3.62. The molecule has 2 aliphatic heterocycles. The van der Waals surface area contributed by atoms with Crippen LogP contribution in [0.25, 0.3) is 0 Å². The van der Waals surface area contributed by atoms with Crippen LogP contribution in [0.2, 0.25) is 0 Å². The number of carboxylic acid groups (broad SMARTS) is 1. The maximum Gasteiger partial charge on any atom is 0.334 e. The molecule has 0 radical (unpaired) electrons. The molecule has 10 heteroatoms. The number of aliphatic carboxylic acids is 1. The molecule has 2 aliphatic rings. The van der Waals surface area contributed by atoms with Gasteiger partial charge < -0.3 is 19.3 Å². The minimum Gasteiger partial charge on any atom is -0.479 e. The molecule has 1 aromatic rings. The van der Waals surface area contributed by atoms with Gasteiger partial charge in [0.1, 0.15) is 10.6 Å². The Hall–Kier alpha value is -1.91. The summed E-state index contributed by atoms with van der Waals surface area (Å²) in [5, 5.41) is 9.06. The SMILES string of the molecule is Cn1cc(S(=O)(=O)N2CCCCC2)cc1C(=O)N1CCOC(C(=O)O)C1. The first-order valence-electron chi connectivity index (χ1n) is 8.61. The topological polar surface area (TPSA) is 109 Å². The Labute approximate surface area is 152 Å². The number of aromatic nitrogens is 1. The minimum atomic E-state index is -3.63. The molecule has 9 nitrogen and oxygen atoms in total. The van der Waals surface area contributed by atoms with Crippen LogP contribution < -0.4 is 0 Å². The average molecular weight is 385 g/mol. The number of morpholine rings is 1. The highest BCUT2D eigenvalue weighted by Crippen LogP contribution is 2.23. The molecule has 2 fully saturated rings. The van der Waals surface area contributed by atoms with E-state index >= 15 is 0 Å². The summed E-state index contributed by atoms with van der Waals surface area (Å²) in [7, 11) is -2.02. The number of hydrogen-bond donors (Lipinski definition) is 1. The lowest BCUT2D eigenvalue weighted by atomic mass is 10.2. The van der Waals surface area contributed by atoms with Crippen molar-refractivity contribution in [3.8, 4) is 0 Å². The molecule has 1 unspecified atom stereocenters. The number of carbonyl (C=O) groups excluding carboxylic acids is 1. The lowest BCUT2D eigenvalue weighted by molar-refractivity contribution is -0.154. The molecule has 0 aliphatic carbocycles. The summed E-state index contributed by atoms with van der Waals surface area (Å²) < 4.78 is 33.6. The van der Waals surface area contributed by atoms with Crippen LogP contribution in [0.15, 0.2) is 17.2 Å². The molecular weight excluding hydrogens is 362 g/mol. The molecule has 1 atom stereocenters. The highest BCUT2D eigenvalue weighted by Gasteiger charge is 2.32. The fraction of sp³-hybridized carbons (Fsp3) is 0.625. The second kappa shape index (κ2) is 7.37. The summed E-state index contributed by atoms with van der Waals surface area (Å²) in [6.07, 6.45) is 3.06. The molecule has 3 heterocycles. The molecule has 1 aromatic heterocycles. The zero-order valence-corrected chi connectivity index (χ0v) is 15.4. The number of amides is 1. The smallest absolute Gasteiger partial charge is 0.334 e. The lowest BCUT2D eigenvalue weighted by Gasteiger charge is -2.30. The van der Waals surface area contributed by atoms with Gasteiger partial charge in [-0.3, -0.25) is 4.79 Å². The monoisotopic (exact) mass is 385 g/mol. The summed E-state index contributed by atoms with van der Waals surface area (Å²) in [4.78, 5) is 25.3. The van der Waals surface area contributed by atoms with Crippen LogP contribution in [0.5, 0.6) is 0 Å². The molecule has 0 saturated carbocycles. The zero-order chi connectivity index (χ0) is 18.9. The van der Waals surface area contributed by atoms with Gasteiger partial charge >= 0.3 is 5.97 Å². The molecule has 0 aromatic carbocycles. The molecule has 0 bridgehead atoms. The quantitative estimate of drug-likeness (QED) is 0.789. The number of ether oxygens (including phenoxy) is 1. The Balaban J connectivity index is 1.81.